The van der Waals surface area contributed by atoms with Crippen molar-refractivity contribution in [2.45, 2.75) is 25.7 Å². The number of aromatic nitrogens is 1. The number of likely N-dealkylation sites (tertiary alicyclic amines) is 1. The number of oxazole rings is 1. The van der Waals surface area contributed by atoms with Gasteiger partial charge in [-0.05, 0) is 50.1 Å². The van der Waals surface area contributed by atoms with Gasteiger partial charge in [0.15, 0.2) is 17.2 Å². The second-order valence-electron chi connectivity index (χ2n) is 7.28. The first-order valence-corrected chi connectivity index (χ1v) is 9.81. The molecule has 5 nitrogen and oxygen atoms in total. The van der Waals surface area contributed by atoms with Crippen LogP contribution >= 0.6 is 11.6 Å². The number of halogens is 1. The molecule has 0 N–H and O–H groups in total. The average molecular weight is 395 g/mol. The van der Waals surface area contributed by atoms with E-state index in [-0.39, 0.29) is 11.8 Å². The molecular formula is C22H19ClN2O3. The molecule has 1 aliphatic heterocycles. The van der Waals surface area contributed by atoms with Crippen LogP contribution in [0.5, 0.6) is 0 Å². The molecular weight excluding hydrogens is 376 g/mol. The predicted molar refractivity (Wildman–Crippen MR) is 108 cm³/mol. The first-order valence-electron chi connectivity index (χ1n) is 9.43. The Morgan fingerprint density at radius 1 is 1.11 bits per heavy atom. The summed E-state index contributed by atoms with van der Waals surface area (Å²) in [6, 6.07) is 13.2. The van der Waals surface area contributed by atoms with E-state index < -0.39 is 0 Å². The lowest BCUT2D eigenvalue weighted by atomic mass is 9.96. The molecule has 1 saturated heterocycles. The maximum absolute atomic E-state index is 13.0. The van der Waals surface area contributed by atoms with Crippen molar-refractivity contribution in [3.05, 3.63) is 64.7 Å². The Morgan fingerprint density at radius 3 is 2.68 bits per heavy atom. The molecule has 28 heavy (non-hydrogen) atoms. The largest absolute Gasteiger partial charge is 0.451 e. The number of para-hydroxylation sites is 2. The minimum absolute atomic E-state index is 0.0687. The number of carbonyl (C=O) groups is 1. The van der Waals surface area contributed by atoms with Gasteiger partial charge in [-0.2, -0.15) is 0 Å². The van der Waals surface area contributed by atoms with Crippen molar-refractivity contribution in [1.82, 2.24) is 9.88 Å². The molecule has 2 aromatic heterocycles. The number of hydrogen-bond donors (Lipinski definition) is 0. The maximum Gasteiger partial charge on any atom is 0.289 e. The summed E-state index contributed by atoms with van der Waals surface area (Å²) >= 11 is 6.08. The van der Waals surface area contributed by atoms with E-state index in [2.05, 4.69) is 4.98 Å². The van der Waals surface area contributed by atoms with Gasteiger partial charge in [-0.1, -0.05) is 23.7 Å². The van der Waals surface area contributed by atoms with E-state index in [4.69, 9.17) is 20.4 Å². The molecule has 1 amide bonds. The lowest BCUT2D eigenvalue weighted by molar-refractivity contribution is 0.0676. The summed E-state index contributed by atoms with van der Waals surface area (Å²) in [5.41, 5.74) is 3.22. The molecule has 142 valence electrons. The fraction of sp³-hybridized carbons (Fsp3) is 0.273. The van der Waals surface area contributed by atoms with Crippen LogP contribution in [-0.4, -0.2) is 28.9 Å². The van der Waals surface area contributed by atoms with E-state index in [0.29, 0.717) is 29.5 Å². The zero-order valence-corrected chi connectivity index (χ0v) is 16.2. The zero-order valence-electron chi connectivity index (χ0n) is 15.4. The Balaban J connectivity index is 1.34. The van der Waals surface area contributed by atoms with E-state index in [1.807, 2.05) is 42.2 Å². The molecule has 0 aliphatic carbocycles. The number of carbonyl (C=O) groups excluding carboxylic acids is 1. The second kappa shape index (κ2) is 6.67. The topological polar surface area (TPSA) is 59.5 Å². The van der Waals surface area contributed by atoms with Crippen LogP contribution in [0.1, 0.15) is 40.8 Å². The van der Waals surface area contributed by atoms with Crippen molar-refractivity contribution in [2.24, 2.45) is 0 Å². The SMILES string of the molecule is Cc1c(C(=O)N2CCC(c3nc4ccccc4o3)CC2)oc2ccc(Cl)cc12. The van der Waals surface area contributed by atoms with Gasteiger partial charge in [0.25, 0.3) is 5.91 Å². The molecule has 0 spiro atoms. The highest BCUT2D eigenvalue weighted by Gasteiger charge is 2.30. The lowest BCUT2D eigenvalue weighted by Gasteiger charge is -2.30. The van der Waals surface area contributed by atoms with Crippen molar-refractivity contribution in [3.63, 3.8) is 0 Å². The molecule has 5 rings (SSSR count). The summed E-state index contributed by atoms with van der Waals surface area (Å²) in [6.07, 6.45) is 1.65. The van der Waals surface area contributed by atoms with E-state index in [0.717, 1.165) is 40.8 Å². The zero-order chi connectivity index (χ0) is 19.3. The van der Waals surface area contributed by atoms with Gasteiger partial charge in [0.05, 0.1) is 0 Å². The number of furan rings is 1. The van der Waals surface area contributed by atoms with Crippen LogP contribution in [0.4, 0.5) is 0 Å². The van der Waals surface area contributed by atoms with Crippen LogP contribution in [0.25, 0.3) is 22.1 Å². The van der Waals surface area contributed by atoms with Crippen LogP contribution < -0.4 is 0 Å². The third-order valence-electron chi connectivity index (χ3n) is 5.53. The van der Waals surface area contributed by atoms with Crippen LogP contribution in [0.3, 0.4) is 0 Å². The fourth-order valence-corrected chi connectivity index (χ4v) is 4.11. The first-order chi connectivity index (χ1) is 13.6. The summed E-state index contributed by atoms with van der Waals surface area (Å²) in [7, 11) is 0. The summed E-state index contributed by atoms with van der Waals surface area (Å²) in [5.74, 6) is 1.33. The van der Waals surface area contributed by atoms with Gasteiger partial charge in [-0.3, -0.25) is 4.79 Å². The van der Waals surface area contributed by atoms with E-state index in [1.165, 1.54) is 0 Å². The summed E-state index contributed by atoms with van der Waals surface area (Å²) < 4.78 is 11.8. The van der Waals surface area contributed by atoms with Crippen molar-refractivity contribution in [3.8, 4) is 0 Å². The molecule has 4 aromatic rings. The molecule has 6 heteroatoms. The fourth-order valence-electron chi connectivity index (χ4n) is 3.93. The molecule has 2 aromatic carbocycles. The second-order valence-corrected chi connectivity index (χ2v) is 7.72. The first kappa shape index (κ1) is 17.3. The van der Waals surface area contributed by atoms with Crippen molar-refractivity contribution in [1.29, 1.82) is 0 Å². The van der Waals surface area contributed by atoms with Crippen LogP contribution in [0.2, 0.25) is 5.02 Å². The maximum atomic E-state index is 13.0. The number of hydrogen-bond acceptors (Lipinski definition) is 4. The Labute approximate surface area is 166 Å². The minimum Gasteiger partial charge on any atom is -0.451 e. The van der Waals surface area contributed by atoms with Gasteiger partial charge >= 0.3 is 0 Å². The highest BCUT2D eigenvalue weighted by Crippen LogP contribution is 2.32. The molecule has 0 atom stereocenters. The molecule has 0 saturated carbocycles. The molecule has 0 unspecified atom stereocenters. The number of amides is 1. The Bertz CT molecular complexity index is 1150. The standard InChI is InChI=1S/C22H19ClN2O3/c1-13-16-12-15(23)6-7-18(16)27-20(13)22(26)25-10-8-14(9-11-25)21-24-17-4-2-3-5-19(17)28-21/h2-7,12,14H,8-11H2,1H3. The van der Waals surface area contributed by atoms with Gasteiger partial charge in [0, 0.05) is 35.0 Å². The highest BCUT2D eigenvalue weighted by molar-refractivity contribution is 6.31. The number of piperidine rings is 1. The predicted octanol–water partition coefficient (Wildman–Crippen LogP) is 5.56. The van der Waals surface area contributed by atoms with E-state index >= 15 is 0 Å². The summed E-state index contributed by atoms with van der Waals surface area (Å²) in [4.78, 5) is 19.5. The molecule has 0 bridgehead atoms. The van der Waals surface area contributed by atoms with Gasteiger partial charge in [0.2, 0.25) is 0 Å². The number of rotatable bonds is 2. The Morgan fingerprint density at radius 2 is 1.89 bits per heavy atom. The minimum atomic E-state index is -0.0687. The van der Waals surface area contributed by atoms with Crippen molar-refractivity contribution < 1.29 is 13.6 Å². The summed E-state index contributed by atoms with van der Waals surface area (Å²) in [6.45, 7) is 3.21. The summed E-state index contributed by atoms with van der Waals surface area (Å²) in [5, 5.41) is 1.52. The number of nitrogens with zero attached hydrogens (tertiary/aromatic N) is 2. The molecule has 0 radical (unpaired) electrons. The highest BCUT2D eigenvalue weighted by atomic mass is 35.5. The Hall–Kier alpha value is -2.79. The molecule has 1 fully saturated rings. The van der Waals surface area contributed by atoms with Crippen molar-refractivity contribution >= 4 is 39.6 Å². The normalized spacial score (nSPS) is 15.6. The van der Waals surface area contributed by atoms with Crippen LogP contribution in [0, 0.1) is 6.92 Å². The average Bonchev–Trinajstić information content (AvgIpc) is 3.29. The molecule has 1 aliphatic rings. The van der Waals surface area contributed by atoms with E-state index in [1.54, 1.807) is 12.1 Å². The van der Waals surface area contributed by atoms with Crippen molar-refractivity contribution in [2.75, 3.05) is 13.1 Å². The number of fused-ring (bicyclic) bond motifs is 2. The third-order valence-corrected chi connectivity index (χ3v) is 5.77. The van der Waals surface area contributed by atoms with Gasteiger partial charge in [-0.15, -0.1) is 0 Å². The smallest absolute Gasteiger partial charge is 0.289 e. The van der Waals surface area contributed by atoms with Gasteiger partial charge in [-0.25, -0.2) is 4.98 Å². The van der Waals surface area contributed by atoms with Crippen LogP contribution in [-0.2, 0) is 0 Å². The number of aryl methyl sites for hydroxylation is 1. The lowest BCUT2D eigenvalue weighted by Crippen LogP contribution is -2.38. The monoisotopic (exact) mass is 394 g/mol. The Kier molecular flexibility index (Phi) is 4.13. The quantitative estimate of drug-likeness (QED) is 0.447. The molecule has 3 heterocycles. The third kappa shape index (κ3) is 2.87. The van der Waals surface area contributed by atoms with Gasteiger partial charge < -0.3 is 13.7 Å². The van der Waals surface area contributed by atoms with Crippen LogP contribution in [0.15, 0.2) is 51.3 Å². The number of benzene rings is 2. The van der Waals surface area contributed by atoms with E-state index in [9.17, 15) is 4.79 Å². The van der Waals surface area contributed by atoms with Gasteiger partial charge in [0.1, 0.15) is 11.1 Å².